The van der Waals surface area contributed by atoms with Gasteiger partial charge in [0.15, 0.2) is 16.7 Å². The Morgan fingerprint density at radius 2 is 0.604 bits per heavy atom. The number of sulfonamides is 4. The molecule has 282 valence electrons. The normalized spacial score (nSPS) is 29.5. The molecule has 4 atom stereocenters. The third-order valence-corrected chi connectivity index (χ3v) is 22.2. The monoisotopic (exact) mass is 843 g/mol. The first-order valence-electron chi connectivity index (χ1n) is 13.1. The SMILES string of the molecule is CN(P1N(S(=O)(=O)C(F)(F)F)[C@@H]2CCCC[C@H]2N1S(=O)(=O)C(F)(F)F)P1N(S(=O)(=O)C(F)(F)F)[C@@H]2CCCC[C@H]2N1S(=O)(=O)C(F)(F)F. The van der Waals surface area contributed by atoms with Crippen LogP contribution in [0, 0.1) is 0 Å². The van der Waals surface area contributed by atoms with E-state index in [-0.39, 0.29) is 32.7 Å². The minimum absolute atomic E-state index is 0.0850. The summed E-state index contributed by atoms with van der Waals surface area (Å²) >= 11 is 0. The lowest BCUT2D eigenvalue weighted by atomic mass is 9.92. The van der Waals surface area contributed by atoms with Gasteiger partial charge in [0.2, 0.25) is 0 Å². The number of rotatable bonds is 6. The van der Waals surface area contributed by atoms with E-state index in [1.807, 2.05) is 0 Å². The zero-order valence-corrected chi connectivity index (χ0v) is 28.6. The Morgan fingerprint density at radius 3 is 0.750 bits per heavy atom. The largest absolute Gasteiger partial charge is 0.512 e. The van der Waals surface area contributed by atoms with E-state index in [1.165, 1.54) is 0 Å². The van der Waals surface area contributed by atoms with Crippen molar-refractivity contribution in [3.63, 3.8) is 0 Å². The lowest BCUT2D eigenvalue weighted by Gasteiger charge is -2.42. The predicted molar refractivity (Wildman–Crippen MR) is 141 cm³/mol. The van der Waals surface area contributed by atoms with Gasteiger partial charge >= 0.3 is 62.1 Å². The molecule has 2 aliphatic carbocycles. The summed E-state index contributed by atoms with van der Waals surface area (Å²) in [6.45, 7) is 0. The van der Waals surface area contributed by atoms with Crippen molar-refractivity contribution in [3.05, 3.63) is 0 Å². The summed E-state index contributed by atoms with van der Waals surface area (Å²) in [6.07, 6.45) is -4.08. The lowest BCUT2D eigenvalue weighted by Crippen LogP contribution is -2.47. The van der Waals surface area contributed by atoms with E-state index in [0.29, 0.717) is 0 Å². The highest BCUT2D eigenvalue weighted by molar-refractivity contribution is 8.03. The quantitative estimate of drug-likeness (QED) is 0.276. The predicted octanol–water partition coefficient (Wildman–Crippen LogP) is 4.63. The van der Waals surface area contributed by atoms with E-state index >= 15 is 0 Å². The second kappa shape index (κ2) is 12.4. The standard InChI is InChI=1S/C17H23F12N5O8P2S4/c1-30(43-31(45(35,36)14(18,19)20)10-6-2-3-7-11(10)32(43)46(37,38)15(21,22)23)44-33(47(39,40)16(24,25)26)12-8-4-5-9-13(12)34(44)48(41,42)17(27,28)29/h10-13H,2-9H2,1H3/t10-,11-,12-,13-/m1/s1. The van der Waals surface area contributed by atoms with Crippen LogP contribution in [0.15, 0.2) is 0 Å². The van der Waals surface area contributed by atoms with Crippen molar-refractivity contribution in [1.29, 1.82) is 0 Å². The molecule has 0 bridgehead atoms. The van der Waals surface area contributed by atoms with Crippen molar-refractivity contribution in [3.8, 4) is 0 Å². The van der Waals surface area contributed by atoms with Crippen LogP contribution in [0.5, 0.6) is 0 Å². The molecule has 13 nitrogen and oxygen atoms in total. The number of halogens is 12. The van der Waals surface area contributed by atoms with Crippen LogP contribution in [-0.4, -0.2) is 108 Å². The fourth-order valence-corrected chi connectivity index (χ4v) is 21.8. The highest BCUT2D eigenvalue weighted by Gasteiger charge is 2.73. The van der Waals surface area contributed by atoms with Crippen LogP contribution >= 0.6 is 16.7 Å². The van der Waals surface area contributed by atoms with Gasteiger partial charge in [0.25, 0.3) is 0 Å². The Kier molecular flexibility index (Phi) is 10.4. The number of alkyl halides is 12. The maximum Gasteiger partial charge on any atom is 0.512 e. The van der Waals surface area contributed by atoms with Crippen molar-refractivity contribution < 1.29 is 86.4 Å². The minimum atomic E-state index is -7.02. The summed E-state index contributed by atoms with van der Waals surface area (Å²) < 4.78 is 269. The number of hydrogen-bond donors (Lipinski definition) is 0. The van der Waals surface area contributed by atoms with Crippen molar-refractivity contribution in [1.82, 2.24) is 20.7 Å². The van der Waals surface area contributed by atoms with Crippen molar-refractivity contribution in [2.45, 2.75) is 97.6 Å². The van der Waals surface area contributed by atoms with E-state index in [4.69, 9.17) is 0 Å². The van der Waals surface area contributed by atoms with Gasteiger partial charge in [-0.3, -0.25) is 0 Å². The molecular formula is C17H23F12N5O8P2S4. The topological polar surface area (TPSA) is 153 Å². The zero-order chi connectivity index (χ0) is 37.0. The fraction of sp³-hybridized carbons (Fsp3) is 1.00. The van der Waals surface area contributed by atoms with Crippen molar-refractivity contribution >= 4 is 56.8 Å². The molecular weight excluding hydrogens is 820 g/mol. The second-order valence-corrected chi connectivity index (χ2v) is 23.4. The smallest absolute Gasteiger partial charge is 0.209 e. The maximum atomic E-state index is 14.1. The van der Waals surface area contributed by atoms with Gasteiger partial charge in [-0.1, -0.05) is 25.7 Å². The zero-order valence-electron chi connectivity index (χ0n) is 23.5. The molecule has 0 N–H and O–H groups in total. The van der Waals surface area contributed by atoms with Crippen LogP contribution in [-0.2, 0) is 40.1 Å². The Hall–Kier alpha value is -0.380. The second-order valence-electron chi connectivity index (χ2n) is 10.8. The van der Waals surface area contributed by atoms with Gasteiger partial charge in [0, 0.05) is 24.2 Å². The Morgan fingerprint density at radius 1 is 0.438 bits per heavy atom. The molecule has 0 aromatic rings. The van der Waals surface area contributed by atoms with Gasteiger partial charge in [-0.05, 0) is 32.7 Å². The average Bonchev–Trinajstić information content (AvgIpc) is 3.45. The average molecular weight is 844 g/mol. The molecule has 0 radical (unpaired) electrons. The highest BCUT2D eigenvalue weighted by atomic mass is 32.2. The minimum Gasteiger partial charge on any atom is -0.209 e. The third kappa shape index (κ3) is 6.14. The van der Waals surface area contributed by atoms with Gasteiger partial charge in [-0.25, -0.2) is 38.1 Å². The van der Waals surface area contributed by atoms with Crippen molar-refractivity contribution in [2.24, 2.45) is 0 Å². The van der Waals surface area contributed by atoms with Crippen LogP contribution in [0.3, 0.4) is 0 Å². The highest BCUT2D eigenvalue weighted by Crippen LogP contribution is 2.75. The Labute approximate surface area is 268 Å². The van der Waals surface area contributed by atoms with Crippen LogP contribution in [0.4, 0.5) is 52.7 Å². The Balaban J connectivity index is 2.13. The van der Waals surface area contributed by atoms with Crippen LogP contribution < -0.4 is 0 Å². The summed E-state index contributed by atoms with van der Waals surface area (Å²) in [5.74, 6) is 0. The molecule has 2 aliphatic heterocycles. The first kappa shape index (κ1) is 40.4. The van der Waals surface area contributed by atoms with Crippen LogP contribution in [0.25, 0.3) is 0 Å². The van der Waals surface area contributed by atoms with E-state index in [9.17, 15) is 86.4 Å². The summed E-state index contributed by atoms with van der Waals surface area (Å²) in [7, 11) is -37.4. The van der Waals surface area contributed by atoms with E-state index < -0.39 is 149 Å². The molecule has 0 aromatic heterocycles. The van der Waals surface area contributed by atoms with Gasteiger partial charge in [-0.15, -0.1) is 16.3 Å². The van der Waals surface area contributed by atoms with Gasteiger partial charge in [-0.2, -0.15) is 52.7 Å². The number of nitrogens with zero attached hydrogens (tertiary/aromatic N) is 5. The molecule has 2 saturated carbocycles. The molecule has 0 spiro atoms. The third-order valence-electron chi connectivity index (χ3n) is 7.90. The molecule has 0 amide bonds. The van der Waals surface area contributed by atoms with E-state index in [2.05, 4.69) is 0 Å². The summed E-state index contributed by atoms with van der Waals surface area (Å²) in [5.41, 5.74) is -25.8. The van der Waals surface area contributed by atoms with Crippen LogP contribution in [0.2, 0.25) is 0 Å². The molecule has 0 unspecified atom stereocenters. The number of hydrogen-bond acceptors (Lipinski definition) is 9. The first-order valence-corrected chi connectivity index (χ1v) is 21.3. The number of fused-ring (bicyclic) bond motifs is 2. The lowest BCUT2D eigenvalue weighted by molar-refractivity contribution is -0.0489. The van der Waals surface area contributed by atoms with Gasteiger partial charge < -0.3 is 0 Å². The molecule has 48 heavy (non-hydrogen) atoms. The first-order chi connectivity index (χ1) is 21.4. The Bertz CT molecular complexity index is 1470. The fourth-order valence-electron chi connectivity index (χ4n) is 6.02. The maximum absolute atomic E-state index is 14.1. The molecule has 31 heteroatoms. The van der Waals surface area contributed by atoms with Gasteiger partial charge in [0.1, 0.15) is 0 Å². The van der Waals surface area contributed by atoms with Gasteiger partial charge in [0.05, 0.1) is 0 Å². The van der Waals surface area contributed by atoms with E-state index in [0.717, 1.165) is 0 Å². The molecule has 0 aromatic carbocycles. The van der Waals surface area contributed by atoms with Crippen molar-refractivity contribution in [2.75, 3.05) is 7.05 Å². The summed E-state index contributed by atoms with van der Waals surface area (Å²) in [6, 6.07) is -9.35. The molecule has 4 aliphatic rings. The molecule has 4 fully saturated rings. The summed E-state index contributed by atoms with van der Waals surface area (Å²) in [5, 5.41) is 0. The summed E-state index contributed by atoms with van der Waals surface area (Å²) in [4.78, 5) is 0. The molecule has 4 rings (SSSR count). The van der Waals surface area contributed by atoms with E-state index in [1.54, 1.807) is 0 Å². The molecule has 2 heterocycles. The van der Waals surface area contributed by atoms with Crippen LogP contribution in [0.1, 0.15) is 51.4 Å². The molecule has 2 saturated heterocycles.